The van der Waals surface area contributed by atoms with Gasteiger partial charge in [-0.25, -0.2) is 0 Å². The van der Waals surface area contributed by atoms with Crippen LogP contribution in [0.1, 0.15) is 28.7 Å². The van der Waals surface area contributed by atoms with E-state index in [2.05, 4.69) is 37.4 Å². The minimum absolute atomic E-state index is 0.714. The lowest BCUT2D eigenvalue weighted by Gasteiger charge is -2.12. The van der Waals surface area contributed by atoms with Gasteiger partial charge in [0.05, 0.1) is 13.7 Å². The smallest absolute Gasteiger partial charge is 0.161 e. The summed E-state index contributed by atoms with van der Waals surface area (Å²) in [6, 6.07) is 10.4. The third kappa shape index (κ3) is 4.76. The zero-order valence-corrected chi connectivity index (χ0v) is 13.8. The fourth-order valence-corrected chi connectivity index (χ4v) is 2.92. The van der Waals surface area contributed by atoms with Crippen molar-refractivity contribution < 1.29 is 9.47 Å². The van der Waals surface area contributed by atoms with Gasteiger partial charge in [0, 0.05) is 22.8 Å². The van der Waals surface area contributed by atoms with E-state index in [0.717, 1.165) is 31.0 Å². The molecular formula is C17H23NO2S. The summed E-state index contributed by atoms with van der Waals surface area (Å²) in [7, 11) is 1.68. The van der Waals surface area contributed by atoms with Crippen molar-refractivity contribution in [3.63, 3.8) is 0 Å². The van der Waals surface area contributed by atoms with E-state index >= 15 is 0 Å². The highest BCUT2D eigenvalue weighted by molar-refractivity contribution is 7.11. The zero-order chi connectivity index (χ0) is 15.1. The van der Waals surface area contributed by atoms with Crippen molar-refractivity contribution in [2.45, 2.75) is 33.4 Å². The number of ether oxygens (including phenoxy) is 2. The molecule has 2 rings (SSSR count). The van der Waals surface area contributed by atoms with Gasteiger partial charge in [-0.1, -0.05) is 13.0 Å². The second-order valence-electron chi connectivity index (χ2n) is 4.95. The number of thiophene rings is 1. The molecule has 0 saturated carbocycles. The zero-order valence-electron chi connectivity index (χ0n) is 12.9. The molecule has 0 aliphatic carbocycles. The van der Waals surface area contributed by atoms with Crippen molar-refractivity contribution >= 4 is 11.3 Å². The van der Waals surface area contributed by atoms with Crippen LogP contribution in [0.4, 0.5) is 0 Å². The molecule has 0 unspecified atom stereocenters. The summed E-state index contributed by atoms with van der Waals surface area (Å²) in [6.45, 7) is 6.66. The average Bonchev–Trinajstić information content (AvgIpc) is 2.91. The number of hydrogen-bond donors (Lipinski definition) is 1. The highest BCUT2D eigenvalue weighted by Crippen LogP contribution is 2.28. The van der Waals surface area contributed by atoms with Crippen molar-refractivity contribution in [1.82, 2.24) is 5.32 Å². The predicted molar refractivity (Wildman–Crippen MR) is 88.4 cm³/mol. The van der Waals surface area contributed by atoms with Crippen molar-refractivity contribution in [3.8, 4) is 11.5 Å². The van der Waals surface area contributed by atoms with Crippen molar-refractivity contribution in [3.05, 3.63) is 45.6 Å². The Kier molecular flexibility index (Phi) is 6.08. The van der Waals surface area contributed by atoms with Gasteiger partial charge in [0.25, 0.3) is 0 Å². The van der Waals surface area contributed by atoms with Gasteiger partial charge in [0.15, 0.2) is 11.5 Å². The van der Waals surface area contributed by atoms with Gasteiger partial charge in [-0.3, -0.25) is 0 Å². The Morgan fingerprint density at radius 1 is 1.10 bits per heavy atom. The topological polar surface area (TPSA) is 30.5 Å². The molecule has 1 aromatic carbocycles. The van der Waals surface area contributed by atoms with Gasteiger partial charge in [0.2, 0.25) is 0 Å². The maximum Gasteiger partial charge on any atom is 0.161 e. The van der Waals surface area contributed by atoms with E-state index in [1.165, 1.54) is 15.3 Å². The van der Waals surface area contributed by atoms with Crippen LogP contribution in [0.3, 0.4) is 0 Å². The Morgan fingerprint density at radius 2 is 1.95 bits per heavy atom. The minimum Gasteiger partial charge on any atom is -0.493 e. The summed E-state index contributed by atoms with van der Waals surface area (Å²) in [6.07, 6.45) is 0.993. The molecule has 4 heteroatoms. The molecule has 3 nitrogen and oxygen atoms in total. The van der Waals surface area contributed by atoms with E-state index in [1.807, 2.05) is 23.5 Å². The molecule has 21 heavy (non-hydrogen) atoms. The SMILES string of the molecule is CCCOc1ccc(CNCc2ccc(C)s2)cc1OC. The summed E-state index contributed by atoms with van der Waals surface area (Å²) in [4.78, 5) is 2.72. The van der Waals surface area contributed by atoms with Crippen LogP contribution in [-0.2, 0) is 13.1 Å². The maximum absolute atomic E-state index is 5.66. The van der Waals surface area contributed by atoms with Crippen molar-refractivity contribution in [1.29, 1.82) is 0 Å². The number of aryl methyl sites for hydroxylation is 1. The predicted octanol–water partition coefficient (Wildman–Crippen LogP) is 4.14. The van der Waals surface area contributed by atoms with Gasteiger partial charge < -0.3 is 14.8 Å². The van der Waals surface area contributed by atoms with Gasteiger partial charge in [-0.2, -0.15) is 0 Å². The average molecular weight is 305 g/mol. The highest BCUT2D eigenvalue weighted by atomic mass is 32.1. The van der Waals surface area contributed by atoms with Gasteiger partial charge in [0.1, 0.15) is 0 Å². The molecule has 1 heterocycles. The molecule has 0 saturated heterocycles. The van der Waals surface area contributed by atoms with Crippen molar-refractivity contribution in [2.75, 3.05) is 13.7 Å². The maximum atomic E-state index is 5.66. The van der Waals surface area contributed by atoms with Crippen molar-refractivity contribution in [2.24, 2.45) is 0 Å². The number of hydrogen-bond acceptors (Lipinski definition) is 4. The molecule has 0 amide bonds. The Morgan fingerprint density at radius 3 is 2.62 bits per heavy atom. The lowest BCUT2D eigenvalue weighted by atomic mass is 10.2. The van der Waals surface area contributed by atoms with E-state index in [4.69, 9.17) is 9.47 Å². The van der Waals surface area contributed by atoms with Gasteiger partial charge in [-0.05, 0) is 43.2 Å². The molecule has 1 aromatic heterocycles. The fourth-order valence-electron chi connectivity index (χ4n) is 2.06. The first kappa shape index (κ1) is 15.9. The van der Waals surface area contributed by atoms with Crippen LogP contribution in [-0.4, -0.2) is 13.7 Å². The van der Waals surface area contributed by atoms with Crippen LogP contribution < -0.4 is 14.8 Å². The summed E-state index contributed by atoms with van der Waals surface area (Å²) in [5.74, 6) is 1.62. The summed E-state index contributed by atoms with van der Waals surface area (Å²) in [5.41, 5.74) is 1.20. The third-order valence-electron chi connectivity index (χ3n) is 3.11. The lowest BCUT2D eigenvalue weighted by Crippen LogP contribution is -2.11. The molecule has 1 N–H and O–H groups in total. The first-order chi connectivity index (χ1) is 10.2. The van der Waals surface area contributed by atoms with Crippen LogP contribution in [0.25, 0.3) is 0 Å². The Hall–Kier alpha value is -1.52. The lowest BCUT2D eigenvalue weighted by molar-refractivity contribution is 0.294. The summed E-state index contributed by atoms with van der Waals surface area (Å²) in [5, 5.41) is 3.46. The second kappa shape index (κ2) is 8.05. The number of nitrogens with one attached hydrogen (secondary N) is 1. The Bertz CT molecular complexity index is 566. The number of rotatable bonds is 8. The fraction of sp³-hybridized carbons (Fsp3) is 0.412. The summed E-state index contributed by atoms with van der Waals surface area (Å²) >= 11 is 1.83. The van der Waals surface area contributed by atoms with E-state index in [-0.39, 0.29) is 0 Å². The van der Waals surface area contributed by atoms with Crippen LogP contribution in [0.15, 0.2) is 30.3 Å². The molecule has 0 atom stereocenters. The highest BCUT2D eigenvalue weighted by Gasteiger charge is 2.05. The molecule has 0 radical (unpaired) electrons. The van der Waals surface area contributed by atoms with E-state index in [9.17, 15) is 0 Å². The van der Waals surface area contributed by atoms with Gasteiger partial charge >= 0.3 is 0 Å². The monoisotopic (exact) mass is 305 g/mol. The second-order valence-corrected chi connectivity index (χ2v) is 6.32. The molecule has 0 spiro atoms. The van der Waals surface area contributed by atoms with E-state index in [1.54, 1.807) is 7.11 Å². The molecule has 0 aliphatic heterocycles. The first-order valence-electron chi connectivity index (χ1n) is 7.28. The number of methoxy groups -OCH3 is 1. The quantitative estimate of drug-likeness (QED) is 0.795. The van der Waals surface area contributed by atoms with Crippen LogP contribution in [0.2, 0.25) is 0 Å². The first-order valence-corrected chi connectivity index (χ1v) is 8.10. The Balaban J connectivity index is 1.90. The third-order valence-corrected chi connectivity index (χ3v) is 4.11. The molecular weight excluding hydrogens is 282 g/mol. The Labute approximate surface area is 130 Å². The van der Waals surface area contributed by atoms with Crippen LogP contribution in [0.5, 0.6) is 11.5 Å². The van der Waals surface area contributed by atoms with E-state index < -0.39 is 0 Å². The largest absolute Gasteiger partial charge is 0.493 e. The minimum atomic E-state index is 0.714. The van der Waals surface area contributed by atoms with Gasteiger partial charge in [-0.15, -0.1) is 11.3 Å². The van der Waals surface area contributed by atoms with Crippen LogP contribution in [0, 0.1) is 6.92 Å². The molecule has 0 fully saturated rings. The van der Waals surface area contributed by atoms with Crippen LogP contribution >= 0.6 is 11.3 Å². The molecule has 2 aromatic rings. The molecule has 0 bridgehead atoms. The summed E-state index contributed by atoms with van der Waals surface area (Å²) < 4.78 is 11.1. The number of benzene rings is 1. The van der Waals surface area contributed by atoms with E-state index in [0.29, 0.717) is 6.61 Å². The standard InChI is InChI=1S/C17H23NO2S/c1-4-9-20-16-8-6-14(10-17(16)19-3)11-18-12-15-7-5-13(2)21-15/h5-8,10,18H,4,9,11-12H2,1-3H3. The molecule has 0 aliphatic rings. The normalized spacial score (nSPS) is 10.6. The molecule has 114 valence electrons.